The molecule has 8 nitrogen and oxygen atoms in total. The maximum atomic E-state index is 12.7. The Morgan fingerprint density at radius 2 is 1.63 bits per heavy atom. The molecular formula is C18H23N3O5S. The minimum Gasteiger partial charge on any atom is -0.497 e. The van der Waals surface area contributed by atoms with E-state index in [1.807, 2.05) is 0 Å². The molecule has 0 bridgehead atoms. The van der Waals surface area contributed by atoms with Gasteiger partial charge in [0.15, 0.2) is 0 Å². The van der Waals surface area contributed by atoms with E-state index in [1.54, 1.807) is 25.2 Å². The first-order valence-corrected chi connectivity index (χ1v) is 10.00. The number of ether oxygens (including phenoxy) is 2. The monoisotopic (exact) mass is 393 g/mol. The van der Waals surface area contributed by atoms with Crippen molar-refractivity contribution in [2.24, 2.45) is 7.05 Å². The number of rotatable bonds is 6. The molecule has 1 saturated heterocycles. The van der Waals surface area contributed by atoms with E-state index in [0.717, 1.165) is 12.8 Å². The van der Waals surface area contributed by atoms with Gasteiger partial charge >= 0.3 is 0 Å². The first-order chi connectivity index (χ1) is 12.8. The number of carbonyl (C=O) groups is 1. The van der Waals surface area contributed by atoms with Gasteiger partial charge in [0.05, 0.1) is 14.2 Å². The van der Waals surface area contributed by atoms with Crippen LogP contribution in [0.5, 0.6) is 11.5 Å². The maximum absolute atomic E-state index is 12.7. The van der Waals surface area contributed by atoms with Gasteiger partial charge in [-0.1, -0.05) is 0 Å². The van der Waals surface area contributed by atoms with E-state index in [9.17, 15) is 13.2 Å². The Morgan fingerprint density at radius 3 is 2.19 bits per heavy atom. The quantitative estimate of drug-likeness (QED) is 0.812. The van der Waals surface area contributed by atoms with Crippen LogP contribution in [0, 0.1) is 0 Å². The van der Waals surface area contributed by atoms with Crippen LogP contribution in [0.1, 0.15) is 23.3 Å². The van der Waals surface area contributed by atoms with Crippen LogP contribution in [-0.4, -0.2) is 50.5 Å². The Morgan fingerprint density at radius 1 is 1.04 bits per heavy atom. The van der Waals surface area contributed by atoms with Crippen LogP contribution in [0.4, 0.5) is 5.69 Å². The number of nitrogens with one attached hydrogen (secondary N) is 1. The van der Waals surface area contributed by atoms with E-state index >= 15 is 0 Å². The highest BCUT2D eigenvalue weighted by Gasteiger charge is 2.29. The summed E-state index contributed by atoms with van der Waals surface area (Å²) in [5.74, 6) is 0.651. The van der Waals surface area contributed by atoms with E-state index in [1.165, 1.54) is 35.4 Å². The molecule has 0 spiro atoms. The fraction of sp³-hybridized carbons (Fsp3) is 0.389. The SMILES string of the molecule is COc1cc(NC(=O)c2cc(S(=O)(=O)N3CCCC3)cn2C)cc(OC)c1. The molecule has 1 aromatic carbocycles. The standard InChI is InChI=1S/C18H23N3O5S/c1-20-12-16(27(23,24)21-6-4-5-7-21)11-17(20)18(22)19-13-8-14(25-2)10-15(9-13)26-3/h8-12H,4-7H2,1-3H3,(H,19,22). The van der Waals surface area contributed by atoms with Gasteiger partial charge in [-0.2, -0.15) is 4.31 Å². The highest BCUT2D eigenvalue weighted by atomic mass is 32.2. The summed E-state index contributed by atoms with van der Waals surface area (Å²) < 4.78 is 38.7. The molecule has 3 rings (SSSR count). The van der Waals surface area contributed by atoms with Crippen LogP contribution in [0.15, 0.2) is 35.4 Å². The van der Waals surface area contributed by atoms with Gasteiger partial charge < -0.3 is 19.4 Å². The van der Waals surface area contributed by atoms with Crippen LogP contribution in [0.2, 0.25) is 0 Å². The lowest BCUT2D eigenvalue weighted by Gasteiger charge is -2.13. The topological polar surface area (TPSA) is 89.9 Å². The molecule has 0 atom stereocenters. The van der Waals surface area contributed by atoms with Gasteiger partial charge in [0.2, 0.25) is 10.0 Å². The predicted molar refractivity (Wildman–Crippen MR) is 101 cm³/mol. The minimum absolute atomic E-state index is 0.125. The third-order valence-corrected chi connectivity index (χ3v) is 6.39. The van der Waals surface area contributed by atoms with Crippen molar-refractivity contribution in [2.45, 2.75) is 17.7 Å². The van der Waals surface area contributed by atoms with Crippen molar-refractivity contribution in [1.82, 2.24) is 8.87 Å². The molecule has 1 fully saturated rings. The van der Waals surface area contributed by atoms with E-state index in [2.05, 4.69) is 5.32 Å². The molecule has 27 heavy (non-hydrogen) atoms. The second-order valence-electron chi connectivity index (χ2n) is 6.34. The zero-order valence-electron chi connectivity index (χ0n) is 15.6. The van der Waals surface area contributed by atoms with Crippen LogP contribution in [0.3, 0.4) is 0 Å². The molecule has 0 saturated carbocycles. The molecule has 1 aliphatic heterocycles. The Balaban J connectivity index is 1.85. The fourth-order valence-electron chi connectivity index (χ4n) is 3.05. The number of hydrogen-bond donors (Lipinski definition) is 1. The van der Waals surface area contributed by atoms with Gasteiger partial charge in [-0.25, -0.2) is 8.42 Å². The van der Waals surface area contributed by atoms with E-state index in [4.69, 9.17) is 9.47 Å². The summed E-state index contributed by atoms with van der Waals surface area (Å²) in [6, 6.07) is 6.41. The summed E-state index contributed by atoms with van der Waals surface area (Å²) in [4.78, 5) is 12.8. The molecule has 1 amide bonds. The van der Waals surface area contributed by atoms with E-state index < -0.39 is 15.9 Å². The zero-order chi connectivity index (χ0) is 19.6. The van der Waals surface area contributed by atoms with Crippen LogP contribution >= 0.6 is 0 Å². The summed E-state index contributed by atoms with van der Waals surface area (Å²) in [6.07, 6.45) is 3.18. The number of anilines is 1. The molecule has 1 N–H and O–H groups in total. The molecule has 0 unspecified atom stereocenters. The van der Waals surface area contributed by atoms with Gasteiger partial charge in [0.25, 0.3) is 5.91 Å². The zero-order valence-corrected chi connectivity index (χ0v) is 16.4. The van der Waals surface area contributed by atoms with Gasteiger partial charge in [-0.3, -0.25) is 4.79 Å². The molecule has 1 aromatic heterocycles. The number of nitrogens with zero attached hydrogens (tertiary/aromatic N) is 2. The first-order valence-electron chi connectivity index (χ1n) is 8.56. The lowest BCUT2D eigenvalue weighted by atomic mass is 10.2. The molecule has 9 heteroatoms. The number of carbonyl (C=O) groups excluding carboxylic acids is 1. The van der Waals surface area contributed by atoms with Crippen molar-refractivity contribution in [1.29, 1.82) is 0 Å². The van der Waals surface area contributed by atoms with Crippen molar-refractivity contribution in [2.75, 3.05) is 32.6 Å². The molecule has 146 valence electrons. The van der Waals surface area contributed by atoms with Crippen molar-refractivity contribution in [3.63, 3.8) is 0 Å². The van der Waals surface area contributed by atoms with Gasteiger partial charge in [0, 0.05) is 50.2 Å². The Labute approximate surface area is 158 Å². The third-order valence-electron chi connectivity index (χ3n) is 4.52. The van der Waals surface area contributed by atoms with Crippen LogP contribution in [0.25, 0.3) is 0 Å². The first kappa shape index (κ1) is 19.2. The number of aromatic nitrogens is 1. The summed E-state index contributed by atoms with van der Waals surface area (Å²) >= 11 is 0. The summed E-state index contributed by atoms with van der Waals surface area (Å²) in [6.45, 7) is 1.03. The second-order valence-corrected chi connectivity index (χ2v) is 8.28. The Bertz CT molecular complexity index is 924. The fourth-order valence-corrected chi connectivity index (χ4v) is 4.64. The molecule has 2 aromatic rings. The van der Waals surface area contributed by atoms with E-state index in [0.29, 0.717) is 30.3 Å². The average Bonchev–Trinajstić information content (AvgIpc) is 3.31. The highest BCUT2D eigenvalue weighted by Crippen LogP contribution is 2.27. The second kappa shape index (κ2) is 7.61. The number of hydrogen-bond acceptors (Lipinski definition) is 5. The lowest BCUT2D eigenvalue weighted by Crippen LogP contribution is -2.27. The minimum atomic E-state index is -3.58. The maximum Gasteiger partial charge on any atom is 0.272 e. The number of sulfonamides is 1. The number of benzene rings is 1. The normalized spacial score (nSPS) is 14.9. The Hall–Kier alpha value is -2.52. The average molecular weight is 393 g/mol. The van der Waals surface area contributed by atoms with Crippen LogP contribution < -0.4 is 14.8 Å². The molecular weight excluding hydrogens is 370 g/mol. The van der Waals surface area contributed by atoms with E-state index in [-0.39, 0.29) is 10.6 Å². The summed E-state index contributed by atoms with van der Waals surface area (Å²) in [5.41, 5.74) is 0.732. The van der Waals surface area contributed by atoms with Gasteiger partial charge in [-0.15, -0.1) is 0 Å². The lowest BCUT2D eigenvalue weighted by molar-refractivity contribution is 0.101. The van der Waals surface area contributed by atoms with Crippen LogP contribution in [-0.2, 0) is 17.1 Å². The summed E-state index contributed by atoms with van der Waals surface area (Å²) in [7, 11) is 1.11. The van der Waals surface area contributed by atoms with Crippen molar-refractivity contribution >= 4 is 21.6 Å². The number of amides is 1. The van der Waals surface area contributed by atoms with Gasteiger partial charge in [-0.05, 0) is 18.9 Å². The predicted octanol–water partition coefficient (Wildman–Crippen LogP) is 2.08. The van der Waals surface area contributed by atoms with Crippen molar-refractivity contribution in [3.05, 3.63) is 36.2 Å². The molecule has 2 heterocycles. The summed E-state index contributed by atoms with van der Waals surface area (Å²) in [5, 5.41) is 2.75. The number of methoxy groups -OCH3 is 2. The Kier molecular flexibility index (Phi) is 5.43. The molecule has 0 aliphatic carbocycles. The largest absolute Gasteiger partial charge is 0.497 e. The highest BCUT2D eigenvalue weighted by molar-refractivity contribution is 7.89. The van der Waals surface area contributed by atoms with Crippen molar-refractivity contribution < 1.29 is 22.7 Å². The van der Waals surface area contributed by atoms with Crippen molar-refractivity contribution in [3.8, 4) is 11.5 Å². The molecule has 1 aliphatic rings. The third kappa shape index (κ3) is 3.93. The smallest absolute Gasteiger partial charge is 0.272 e. The number of aryl methyl sites for hydroxylation is 1. The van der Waals surface area contributed by atoms with Gasteiger partial charge in [0.1, 0.15) is 22.1 Å². The molecule has 0 radical (unpaired) electrons.